The third kappa shape index (κ3) is 23.7. The molecule has 0 spiro atoms. The molecule has 2 rings (SSSR count). The molecule has 0 saturated carbocycles. The van der Waals surface area contributed by atoms with E-state index < -0.39 is 65.9 Å². The highest BCUT2D eigenvalue weighted by Gasteiger charge is 2.34. The molecule has 2 aromatic carbocycles. The fraction of sp³-hybridized carbons (Fsp3) is 0.612. The minimum absolute atomic E-state index is 0.151. The summed E-state index contributed by atoms with van der Waals surface area (Å²) in [5.41, 5.74) is 7.21. The van der Waals surface area contributed by atoms with Crippen LogP contribution in [0.1, 0.15) is 135 Å². The fourth-order valence-electron chi connectivity index (χ4n) is 7.36. The highest BCUT2D eigenvalue weighted by molar-refractivity contribution is 7.98. The molecule has 0 radical (unpaired) electrons. The van der Waals surface area contributed by atoms with Gasteiger partial charge in [-0.25, -0.2) is 4.79 Å². The zero-order valence-electron chi connectivity index (χ0n) is 39.0. The number of aliphatic hydroxyl groups is 1. The molecule has 0 fully saturated rings. The quantitative estimate of drug-likeness (QED) is 0.0425. The van der Waals surface area contributed by atoms with Crippen molar-refractivity contribution in [2.75, 3.05) is 12.0 Å². The summed E-state index contributed by atoms with van der Waals surface area (Å²) in [7, 11) is 0. The number of thioether (sulfide) groups is 1. The molecular weight excluding hydrogens is 849 g/mol. The number of primary amides is 1. The zero-order valence-corrected chi connectivity index (χ0v) is 39.8. The lowest BCUT2D eigenvalue weighted by atomic mass is 9.96. The molecule has 1 unspecified atom stereocenters. The lowest BCUT2D eigenvalue weighted by Crippen LogP contribution is -2.60. The van der Waals surface area contributed by atoms with Gasteiger partial charge in [0, 0.05) is 25.7 Å². The van der Waals surface area contributed by atoms with Gasteiger partial charge in [0.2, 0.25) is 35.4 Å². The minimum atomic E-state index is -1.27. The first-order chi connectivity index (χ1) is 31.2. The van der Waals surface area contributed by atoms with Crippen molar-refractivity contribution in [1.82, 2.24) is 26.6 Å². The number of nitrogens with one attached hydrogen (secondary N) is 5. The maximum Gasteiger partial charge on any atom is 0.326 e. The normalized spacial score (nSPS) is 14.4. The van der Waals surface area contributed by atoms with Crippen LogP contribution in [0.25, 0.3) is 0 Å². The molecule has 0 aliphatic heterocycles. The number of rotatable bonds is 35. The summed E-state index contributed by atoms with van der Waals surface area (Å²) in [6, 6.07) is 13.0. The highest BCUT2D eigenvalue weighted by atomic mass is 32.2. The van der Waals surface area contributed by atoms with Gasteiger partial charge in [-0.15, -0.1) is 0 Å². The van der Waals surface area contributed by atoms with Crippen molar-refractivity contribution in [2.45, 2.75) is 173 Å². The van der Waals surface area contributed by atoms with Crippen molar-refractivity contribution >= 4 is 53.2 Å². The van der Waals surface area contributed by atoms with Gasteiger partial charge in [0.1, 0.15) is 30.2 Å². The number of carboxylic acid groups (broad SMARTS) is 1. The number of nitrogens with two attached hydrogens (primary N) is 1. The number of benzene rings is 2. The number of amides is 6. The second-order valence-corrected chi connectivity index (χ2v) is 18.0. The topological polar surface area (TPSA) is 246 Å². The fourth-order valence-corrected chi connectivity index (χ4v) is 7.83. The van der Waals surface area contributed by atoms with Gasteiger partial charge in [0.25, 0.3) is 0 Å². The van der Waals surface area contributed by atoms with Gasteiger partial charge < -0.3 is 42.5 Å². The van der Waals surface area contributed by atoms with Crippen LogP contribution in [0, 0.1) is 5.92 Å². The van der Waals surface area contributed by atoms with Crippen LogP contribution in [0.3, 0.4) is 0 Å². The number of aliphatic hydroxyl groups excluding tert-OH is 1. The van der Waals surface area contributed by atoms with Crippen molar-refractivity contribution in [2.24, 2.45) is 11.7 Å². The number of carbonyl (C=O) groups is 7. The molecule has 0 aliphatic carbocycles. The Morgan fingerprint density at radius 2 is 1.00 bits per heavy atom. The van der Waals surface area contributed by atoms with Gasteiger partial charge in [-0.05, 0) is 55.2 Å². The van der Waals surface area contributed by atoms with E-state index >= 15 is 0 Å². The molecule has 0 bridgehead atoms. The molecule has 2 aromatic rings. The van der Waals surface area contributed by atoms with E-state index in [1.165, 1.54) is 6.92 Å². The van der Waals surface area contributed by atoms with E-state index in [1.54, 1.807) is 18.7 Å². The molecule has 9 N–H and O–H groups in total. The van der Waals surface area contributed by atoms with Gasteiger partial charge in [0.15, 0.2) is 0 Å². The molecular formula is C49H76N6O9S. The van der Waals surface area contributed by atoms with E-state index in [4.69, 9.17) is 5.73 Å². The molecule has 16 heteroatoms. The van der Waals surface area contributed by atoms with Crippen LogP contribution in [-0.2, 0) is 46.4 Å². The molecule has 7 atom stereocenters. The summed E-state index contributed by atoms with van der Waals surface area (Å²) in [6.07, 6.45) is 14.2. The van der Waals surface area contributed by atoms with Crippen LogP contribution in [0.2, 0.25) is 0 Å². The Morgan fingerprint density at radius 1 is 0.569 bits per heavy atom. The number of carbonyl (C=O) groups excluding carboxylic acids is 6. The minimum Gasteiger partial charge on any atom is -0.480 e. The Hall–Kier alpha value is -4.96. The third-order valence-electron chi connectivity index (χ3n) is 11.5. The third-order valence-corrected chi connectivity index (χ3v) is 12.2. The Bertz CT molecular complexity index is 1730. The summed E-state index contributed by atoms with van der Waals surface area (Å²) >= 11 is 1.55. The number of unbranched alkanes of at least 4 members (excludes halogenated alkanes) is 11. The van der Waals surface area contributed by atoms with Crippen molar-refractivity contribution in [3.8, 4) is 0 Å². The standard InChI is InChI=1S/C49H76N6O9S/c1-5-34(2)43(47(61)52-39(45(50)59)32-36-24-18-16-19-25-36)55-48(62)44(35(3)56)54-42(58)29-23-15-13-11-9-7-6-8-10-12-14-22-28-41(57)51-38(30-31-65-4)46(60)53-40(49(63)64)33-37-26-20-17-21-27-37/h16-21,24-27,34-35,38-40,43-44,56H,5-15,22-23,28-33H2,1-4H3,(H2,50,59)(H,51,57)(H,52,61)(H,53,60)(H,54,58)(H,55,62)(H,63,64)/t34-,35?,38-,39-,40-,43-,44-/m0/s1. The first-order valence-electron chi connectivity index (χ1n) is 23.4. The summed E-state index contributed by atoms with van der Waals surface area (Å²) in [5, 5.41) is 33.6. The Balaban J connectivity index is 1.61. The summed E-state index contributed by atoms with van der Waals surface area (Å²) in [4.78, 5) is 89.4. The smallest absolute Gasteiger partial charge is 0.326 e. The van der Waals surface area contributed by atoms with Gasteiger partial charge >= 0.3 is 5.97 Å². The molecule has 0 aromatic heterocycles. The van der Waals surface area contributed by atoms with Gasteiger partial charge in [-0.2, -0.15) is 11.8 Å². The number of aliphatic carboxylic acids is 1. The lowest BCUT2D eigenvalue weighted by Gasteiger charge is -2.28. The first kappa shape index (κ1) is 56.2. The van der Waals surface area contributed by atoms with E-state index in [-0.39, 0.29) is 37.0 Å². The van der Waals surface area contributed by atoms with Crippen LogP contribution >= 0.6 is 11.8 Å². The summed E-state index contributed by atoms with van der Waals surface area (Å²) in [5.74, 6) is -3.84. The van der Waals surface area contributed by atoms with Crippen LogP contribution in [-0.4, -0.2) is 99.9 Å². The van der Waals surface area contributed by atoms with Crippen molar-refractivity contribution < 1.29 is 43.8 Å². The second kappa shape index (κ2) is 32.7. The molecule has 6 amide bonds. The lowest BCUT2D eigenvalue weighted by molar-refractivity contribution is -0.142. The second-order valence-electron chi connectivity index (χ2n) is 17.0. The van der Waals surface area contributed by atoms with E-state index in [0.717, 1.165) is 75.3 Å². The van der Waals surface area contributed by atoms with Gasteiger partial charge in [0.05, 0.1) is 6.10 Å². The molecule has 0 saturated heterocycles. The van der Waals surface area contributed by atoms with Crippen molar-refractivity contribution in [1.29, 1.82) is 0 Å². The predicted molar refractivity (Wildman–Crippen MR) is 256 cm³/mol. The monoisotopic (exact) mass is 925 g/mol. The Kier molecular flexibility index (Phi) is 28.2. The average molecular weight is 925 g/mol. The van der Waals surface area contributed by atoms with E-state index in [0.29, 0.717) is 37.9 Å². The molecule has 65 heavy (non-hydrogen) atoms. The number of carboxylic acids is 1. The van der Waals surface area contributed by atoms with Crippen LogP contribution < -0.4 is 32.3 Å². The SMILES string of the molecule is CC[C@H](C)[C@H](NC(=O)[C@@H](NC(=O)CCCCCCCCCCCCCCC(=O)N[C@@H](CCSC)C(=O)N[C@@H](Cc1ccccc1)C(=O)O)C(C)O)C(=O)N[C@@H](Cc1ccccc1)C(N)=O. The largest absolute Gasteiger partial charge is 0.480 e. The first-order valence-corrected chi connectivity index (χ1v) is 24.8. The number of hydrogen-bond acceptors (Lipinski definition) is 9. The highest BCUT2D eigenvalue weighted by Crippen LogP contribution is 2.15. The summed E-state index contributed by atoms with van der Waals surface area (Å²) < 4.78 is 0. The Morgan fingerprint density at radius 3 is 1.43 bits per heavy atom. The number of hydrogen-bond donors (Lipinski definition) is 8. The summed E-state index contributed by atoms with van der Waals surface area (Å²) in [6.45, 7) is 5.06. The van der Waals surface area contributed by atoms with E-state index in [2.05, 4.69) is 26.6 Å². The maximum absolute atomic E-state index is 13.4. The van der Waals surface area contributed by atoms with Crippen LogP contribution in [0.4, 0.5) is 0 Å². The average Bonchev–Trinajstić information content (AvgIpc) is 3.28. The van der Waals surface area contributed by atoms with Crippen LogP contribution in [0.5, 0.6) is 0 Å². The van der Waals surface area contributed by atoms with Gasteiger partial charge in [-0.1, -0.05) is 145 Å². The molecule has 15 nitrogen and oxygen atoms in total. The Labute approximate surface area is 390 Å². The molecule has 0 aliphatic rings. The molecule has 362 valence electrons. The predicted octanol–water partition coefficient (Wildman–Crippen LogP) is 5.11. The molecule has 0 heterocycles. The van der Waals surface area contributed by atoms with Crippen molar-refractivity contribution in [3.05, 3.63) is 71.8 Å². The zero-order chi connectivity index (χ0) is 48.0. The van der Waals surface area contributed by atoms with Gasteiger partial charge in [-0.3, -0.25) is 28.8 Å². The maximum atomic E-state index is 13.4. The van der Waals surface area contributed by atoms with E-state index in [9.17, 15) is 43.8 Å². The van der Waals surface area contributed by atoms with Crippen molar-refractivity contribution in [3.63, 3.8) is 0 Å². The van der Waals surface area contributed by atoms with E-state index in [1.807, 2.05) is 73.8 Å². The van der Waals surface area contributed by atoms with Crippen LogP contribution in [0.15, 0.2) is 60.7 Å².